The molecule has 0 fully saturated rings. The summed E-state index contributed by atoms with van der Waals surface area (Å²) in [4.78, 5) is 12.8. The van der Waals surface area contributed by atoms with E-state index in [-0.39, 0.29) is 16.8 Å². The van der Waals surface area contributed by atoms with E-state index in [0.29, 0.717) is 29.2 Å². The molecule has 7 heteroatoms. The predicted octanol–water partition coefficient (Wildman–Crippen LogP) is 4.45. The minimum Gasteiger partial charge on any atom is -0.352 e. The summed E-state index contributed by atoms with van der Waals surface area (Å²) in [6.07, 6.45) is 1.30. The van der Waals surface area contributed by atoms with Crippen molar-refractivity contribution in [3.8, 4) is 0 Å². The summed E-state index contributed by atoms with van der Waals surface area (Å²) in [5, 5.41) is 3.42. The minimum atomic E-state index is -3.72. The third kappa shape index (κ3) is 4.45. The molecule has 1 N–H and O–H groups in total. The van der Waals surface area contributed by atoms with E-state index in [1.165, 1.54) is 16.4 Å². The zero-order chi connectivity index (χ0) is 22.0. The van der Waals surface area contributed by atoms with Gasteiger partial charge < -0.3 is 5.32 Å². The molecule has 0 aromatic heterocycles. The van der Waals surface area contributed by atoms with Crippen LogP contribution in [0.25, 0.3) is 0 Å². The molecule has 1 aliphatic heterocycles. The van der Waals surface area contributed by atoms with Gasteiger partial charge in [0.2, 0.25) is 0 Å². The third-order valence-corrected chi connectivity index (χ3v) is 7.60. The van der Waals surface area contributed by atoms with Gasteiger partial charge in [0.1, 0.15) is 0 Å². The standard InChI is InChI=1S/C24H23ClN2O3S/c1-17-15-20-16-19(24(28)26-14-13-18-5-3-2-4-6-18)7-12-23(20)27(17)31(29,30)22-10-8-21(25)9-11-22/h2-12,16-17H,13-15H2,1H3,(H,26,28)/t17-/m0/s1. The van der Waals surface area contributed by atoms with Crippen LogP contribution in [0.1, 0.15) is 28.4 Å². The lowest BCUT2D eigenvalue weighted by atomic mass is 10.1. The molecule has 160 valence electrons. The molecule has 4 rings (SSSR count). The first-order chi connectivity index (χ1) is 14.9. The lowest BCUT2D eigenvalue weighted by Crippen LogP contribution is -2.35. The monoisotopic (exact) mass is 454 g/mol. The van der Waals surface area contributed by atoms with Crippen molar-refractivity contribution in [2.75, 3.05) is 10.8 Å². The highest BCUT2D eigenvalue weighted by Gasteiger charge is 2.36. The van der Waals surface area contributed by atoms with Gasteiger partial charge in [0.15, 0.2) is 0 Å². The molecule has 1 aliphatic rings. The van der Waals surface area contributed by atoms with Crippen LogP contribution in [0, 0.1) is 0 Å². The smallest absolute Gasteiger partial charge is 0.264 e. The van der Waals surface area contributed by atoms with Gasteiger partial charge in [0.05, 0.1) is 10.6 Å². The van der Waals surface area contributed by atoms with Gasteiger partial charge in [-0.25, -0.2) is 8.42 Å². The largest absolute Gasteiger partial charge is 0.352 e. The van der Waals surface area contributed by atoms with Crippen LogP contribution in [0.15, 0.2) is 77.7 Å². The molecule has 0 spiro atoms. The molecule has 5 nitrogen and oxygen atoms in total. The van der Waals surface area contributed by atoms with Gasteiger partial charge in [-0.05, 0) is 73.4 Å². The highest BCUT2D eigenvalue weighted by atomic mass is 35.5. The summed E-state index contributed by atoms with van der Waals surface area (Å²) in [5.74, 6) is -0.162. The summed E-state index contributed by atoms with van der Waals surface area (Å²) in [7, 11) is -3.72. The van der Waals surface area contributed by atoms with Crippen molar-refractivity contribution in [2.24, 2.45) is 0 Å². The van der Waals surface area contributed by atoms with Crippen LogP contribution in [-0.4, -0.2) is 26.9 Å². The van der Waals surface area contributed by atoms with E-state index in [1.54, 1.807) is 30.3 Å². The third-order valence-electron chi connectivity index (χ3n) is 5.41. The lowest BCUT2D eigenvalue weighted by molar-refractivity contribution is 0.0954. The van der Waals surface area contributed by atoms with E-state index >= 15 is 0 Å². The zero-order valence-electron chi connectivity index (χ0n) is 17.1. The summed E-state index contributed by atoms with van der Waals surface area (Å²) >= 11 is 5.90. The number of carbonyl (C=O) groups excluding carboxylic acids is 1. The fraction of sp³-hybridized carbons (Fsp3) is 0.208. The number of sulfonamides is 1. The Labute approximate surface area is 187 Å². The van der Waals surface area contributed by atoms with E-state index in [2.05, 4.69) is 5.32 Å². The van der Waals surface area contributed by atoms with E-state index in [9.17, 15) is 13.2 Å². The van der Waals surface area contributed by atoms with Crippen LogP contribution >= 0.6 is 11.6 Å². The van der Waals surface area contributed by atoms with Crippen molar-refractivity contribution in [1.29, 1.82) is 0 Å². The molecule has 1 amide bonds. The second kappa shape index (κ2) is 8.73. The van der Waals surface area contributed by atoms with Crippen LogP contribution in [0.5, 0.6) is 0 Å². The predicted molar refractivity (Wildman–Crippen MR) is 123 cm³/mol. The number of halogens is 1. The molecular weight excluding hydrogens is 432 g/mol. The van der Waals surface area contributed by atoms with Crippen LogP contribution < -0.4 is 9.62 Å². The number of amides is 1. The van der Waals surface area contributed by atoms with E-state index < -0.39 is 10.0 Å². The Morgan fingerprint density at radius 3 is 2.48 bits per heavy atom. The highest BCUT2D eigenvalue weighted by molar-refractivity contribution is 7.92. The van der Waals surface area contributed by atoms with Crippen LogP contribution in [0.2, 0.25) is 5.02 Å². The van der Waals surface area contributed by atoms with Gasteiger partial charge in [-0.3, -0.25) is 9.10 Å². The fourth-order valence-corrected chi connectivity index (χ4v) is 5.72. The van der Waals surface area contributed by atoms with Gasteiger partial charge in [0, 0.05) is 23.2 Å². The topological polar surface area (TPSA) is 66.5 Å². The van der Waals surface area contributed by atoms with Gasteiger partial charge in [-0.1, -0.05) is 41.9 Å². The summed E-state index contributed by atoms with van der Waals surface area (Å²) < 4.78 is 27.9. The quantitative estimate of drug-likeness (QED) is 0.598. The molecule has 1 heterocycles. The number of hydrogen-bond donors (Lipinski definition) is 1. The average molecular weight is 455 g/mol. The summed E-state index contributed by atoms with van der Waals surface area (Å²) in [6, 6.07) is 21.1. The number of anilines is 1. The zero-order valence-corrected chi connectivity index (χ0v) is 18.7. The molecule has 1 atom stereocenters. The molecule has 3 aromatic rings. The average Bonchev–Trinajstić information content (AvgIpc) is 3.10. The van der Waals surface area contributed by atoms with Gasteiger partial charge in [-0.2, -0.15) is 0 Å². The molecule has 0 saturated carbocycles. The minimum absolute atomic E-state index is 0.162. The first-order valence-corrected chi connectivity index (χ1v) is 11.9. The Hall–Kier alpha value is -2.83. The van der Waals surface area contributed by atoms with Crippen molar-refractivity contribution in [1.82, 2.24) is 5.32 Å². The Bertz CT molecular complexity index is 1200. The molecule has 0 radical (unpaired) electrons. The molecule has 0 bridgehead atoms. The maximum Gasteiger partial charge on any atom is 0.264 e. The number of fused-ring (bicyclic) bond motifs is 1. The Kier molecular flexibility index (Phi) is 6.03. The van der Waals surface area contributed by atoms with Crippen molar-refractivity contribution in [3.05, 3.63) is 94.5 Å². The van der Waals surface area contributed by atoms with Crippen LogP contribution in [0.4, 0.5) is 5.69 Å². The maximum atomic E-state index is 13.2. The normalized spacial score (nSPS) is 15.5. The number of hydrogen-bond acceptors (Lipinski definition) is 3. The maximum absolute atomic E-state index is 13.2. The number of rotatable bonds is 6. The number of nitrogens with zero attached hydrogens (tertiary/aromatic N) is 1. The first-order valence-electron chi connectivity index (χ1n) is 10.1. The second-order valence-corrected chi connectivity index (χ2v) is 9.89. The van der Waals surface area contributed by atoms with Crippen molar-refractivity contribution >= 4 is 33.2 Å². The first kappa shape index (κ1) is 21.4. The molecular formula is C24H23ClN2O3S. The molecule has 31 heavy (non-hydrogen) atoms. The van der Waals surface area contributed by atoms with Crippen molar-refractivity contribution < 1.29 is 13.2 Å². The van der Waals surface area contributed by atoms with Crippen LogP contribution in [0.3, 0.4) is 0 Å². The van der Waals surface area contributed by atoms with Crippen molar-refractivity contribution in [3.63, 3.8) is 0 Å². The van der Waals surface area contributed by atoms with Crippen LogP contribution in [-0.2, 0) is 22.9 Å². The second-order valence-electron chi connectivity index (χ2n) is 7.64. The number of benzene rings is 3. The highest BCUT2D eigenvalue weighted by Crippen LogP contribution is 2.37. The lowest BCUT2D eigenvalue weighted by Gasteiger charge is -2.24. The van der Waals surface area contributed by atoms with Crippen molar-refractivity contribution in [2.45, 2.75) is 30.7 Å². The molecule has 0 unspecified atom stereocenters. The molecule has 0 saturated heterocycles. The summed E-state index contributed by atoms with van der Waals surface area (Å²) in [5.41, 5.74) is 3.16. The van der Waals surface area contributed by atoms with Gasteiger partial charge >= 0.3 is 0 Å². The fourth-order valence-electron chi connectivity index (χ4n) is 3.90. The Morgan fingerprint density at radius 1 is 1.06 bits per heavy atom. The SMILES string of the molecule is C[C@H]1Cc2cc(C(=O)NCCc3ccccc3)ccc2N1S(=O)(=O)c1ccc(Cl)cc1. The molecule has 3 aromatic carbocycles. The Balaban J connectivity index is 1.51. The molecule has 0 aliphatic carbocycles. The van der Waals surface area contributed by atoms with Gasteiger partial charge in [-0.15, -0.1) is 0 Å². The Morgan fingerprint density at radius 2 is 1.77 bits per heavy atom. The van der Waals surface area contributed by atoms with E-state index in [0.717, 1.165) is 17.5 Å². The van der Waals surface area contributed by atoms with Gasteiger partial charge in [0.25, 0.3) is 15.9 Å². The number of carbonyl (C=O) groups is 1. The summed E-state index contributed by atoms with van der Waals surface area (Å²) in [6.45, 7) is 2.40. The van der Waals surface area contributed by atoms with E-state index in [1.807, 2.05) is 37.3 Å². The number of nitrogens with one attached hydrogen (secondary N) is 1. The van der Waals surface area contributed by atoms with E-state index in [4.69, 9.17) is 11.6 Å².